The molecule has 0 bridgehead atoms. The summed E-state index contributed by atoms with van der Waals surface area (Å²) in [5.74, 6) is 2.84. The summed E-state index contributed by atoms with van der Waals surface area (Å²) in [7, 11) is 0. The Morgan fingerprint density at radius 1 is 1.14 bits per heavy atom. The Hall–Kier alpha value is 0. The van der Waals surface area contributed by atoms with Crippen molar-refractivity contribution in [2.24, 2.45) is 23.2 Å². The molecule has 0 heteroatoms. The smallest absolute Gasteiger partial charge is 0.0300 e. The van der Waals surface area contributed by atoms with E-state index in [-0.39, 0.29) is 0 Å². The van der Waals surface area contributed by atoms with E-state index in [1.807, 2.05) is 0 Å². The lowest BCUT2D eigenvalue weighted by Gasteiger charge is -2.42. The highest BCUT2D eigenvalue weighted by Crippen LogP contribution is 2.45. The molecule has 1 aliphatic carbocycles. The Balaban J connectivity index is 2.54. The number of hydrogen-bond donors (Lipinski definition) is 0. The highest BCUT2D eigenvalue weighted by Gasteiger charge is 2.35. The molecule has 1 unspecified atom stereocenters. The highest BCUT2D eigenvalue weighted by molar-refractivity contribution is 4.85. The average Bonchev–Trinajstić information content (AvgIpc) is 2.17. The summed E-state index contributed by atoms with van der Waals surface area (Å²) < 4.78 is 0. The van der Waals surface area contributed by atoms with Gasteiger partial charge in [-0.25, -0.2) is 0 Å². The van der Waals surface area contributed by atoms with E-state index in [1.54, 1.807) is 0 Å². The van der Waals surface area contributed by atoms with Crippen LogP contribution in [-0.2, 0) is 0 Å². The fraction of sp³-hybridized carbons (Fsp3) is 1.00. The van der Waals surface area contributed by atoms with Crippen molar-refractivity contribution in [3.63, 3.8) is 0 Å². The van der Waals surface area contributed by atoms with Crippen LogP contribution >= 0.6 is 0 Å². The minimum atomic E-state index is 0.564. The SMILES string of the molecule is CCC(C)C(C)(C)C1CCC(C)CC1. The summed E-state index contributed by atoms with van der Waals surface area (Å²) in [6.45, 7) is 12.1. The normalized spacial score (nSPS) is 31.5. The standard InChI is InChI=1S/C14H28/c1-6-12(3)14(4,5)13-9-7-11(2)8-10-13/h11-13H,6-10H2,1-5H3. The Morgan fingerprint density at radius 3 is 2.07 bits per heavy atom. The van der Waals surface area contributed by atoms with E-state index in [4.69, 9.17) is 0 Å². The maximum absolute atomic E-state index is 2.49. The minimum Gasteiger partial charge on any atom is -0.0651 e. The third-order valence-electron chi connectivity index (χ3n) is 4.95. The van der Waals surface area contributed by atoms with E-state index >= 15 is 0 Å². The summed E-state index contributed by atoms with van der Waals surface area (Å²) in [5.41, 5.74) is 0.564. The average molecular weight is 196 g/mol. The van der Waals surface area contributed by atoms with Gasteiger partial charge in [0.15, 0.2) is 0 Å². The van der Waals surface area contributed by atoms with Crippen LogP contribution in [-0.4, -0.2) is 0 Å². The first-order valence-corrected chi connectivity index (χ1v) is 6.48. The molecular weight excluding hydrogens is 168 g/mol. The van der Waals surface area contributed by atoms with E-state index in [9.17, 15) is 0 Å². The largest absolute Gasteiger partial charge is 0.0651 e. The summed E-state index contributed by atoms with van der Waals surface area (Å²) >= 11 is 0. The zero-order valence-electron chi connectivity index (χ0n) is 10.8. The molecule has 0 saturated heterocycles. The molecule has 0 aromatic carbocycles. The van der Waals surface area contributed by atoms with Crippen LogP contribution in [0.1, 0.15) is 66.7 Å². The molecule has 0 radical (unpaired) electrons. The van der Waals surface area contributed by atoms with E-state index in [0.717, 1.165) is 17.8 Å². The predicted molar refractivity (Wildman–Crippen MR) is 64.4 cm³/mol. The van der Waals surface area contributed by atoms with Gasteiger partial charge in [-0.3, -0.25) is 0 Å². The van der Waals surface area contributed by atoms with Gasteiger partial charge in [0.1, 0.15) is 0 Å². The summed E-state index contributed by atoms with van der Waals surface area (Å²) in [6, 6.07) is 0. The van der Waals surface area contributed by atoms with Crippen molar-refractivity contribution < 1.29 is 0 Å². The van der Waals surface area contributed by atoms with Gasteiger partial charge in [0.05, 0.1) is 0 Å². The third-order valence-corrected chi connectivity index (χ3v) is 4.95. The summed E-state index contributed by atoms with van der Waals surface area (Å²) in [4.78, 5) is 0. The Labute approximate surface area is 90.5 Å². The molecule has 1 fully saturated rings. The van der Waals surface area contributed by atoms with Crippen LogP contribution in [0.4, 0.5) is 0 Å². The van der Waals surface area contributed by atoms with E-state index in [0.29, 0.717) is 5.41 Å². The van der Waals surface area contributed by atoms with Gasteiger partial charge in [-0.15, -0.1) is 0 Å². The van der Waals surface area contributed by atoms with Crippen molar-refractivity contribution in [1.82, 2.24) is 0 Å². The van der Waals surface area contributed by atoms with Crippen LogP contribution in [0.5, 0.6) is 0 Å². The Morgan fingerprint density at radius 2 is 1.64 bits per heavy atom. The zero-order valence-corrected chi connectivity index (χ0v) is 10.8. The second-order valence-corrected chi connectivity index (χ2v) is 6.09. The molecule has 0 amide bonds. The molecule has 1 saturated carbocycles. The number of hydrogen-bond acceptors (Lipinski definition) is 0. The molecule has 0 aromatic heterocycles. The molecule has 0 nitrogen and oxygen atoms in total. The molecule has 0 N–H and O–H groups in total. The molecule has 0 aliphatic heterocycles. The maximum atomic E-state index is 2.49. The fourth-order valence-corrected chi connectivity index (χ4v) is 2.93. The summed E-state index contributed by atoms with van der Waals surface area (Å²) in [6.07, 6.45) is 7.20. The van der Waals surface area contributed by atoms with E-state index < -0.39 is 0 Å². The van der Waals surface area contributed by atoms with Crippen molar-refractivity contribution in [3.05, 3.63) is 0 Å². The van der Waals surface area contributed by atoms with Gasteiger partial charge in [0.25, 0.3) is 0 Å². The Bertz CT molecular complexity index is 161. The van der Waals surface area contributed by atoms with Gasteiger partial charge < -0.3 is 0 Å². The van der Waals surface area contributed by atoms with E-state index in [2.05, 4.69) is 34.6 Å². The van der Waals surface area contributed by atoms with Gasteiger partial charge in [-0.2, -0.15) is 0 Å². The predicted octanol–water partition coefficient (Wildman–Crippen LogP) is 4.89. The molecule has 84 valence electrons. The van der Waals surface area contributed by atoms with Crippen molar-refractivity contribution >= 4 is 0 Å². The van der Waals surface area contributed by atoms with Crippen molar-refractivity contribution in [2.45, 2.75) is 66.7 Å². The molecule has 0 heterocycles. The van der Waals surface area contributed by atoms with Crippen LogP contribution in [0.3, 0.4) is 0 Å². The quantitative estimate of drug-likeness (QED) is 0.603. The summed E-state index contributed by atoms with van der Waals surface area (Å²) in [5, 5.41) is 0. The first-order valence-electron chi connectivity index (χ1n) is 6.48. The first-order chi connectivity index (χ1) is 6.48. The monoisotopic (exact) mass is 196 g/mol. The van der Waals surface area contributed by atoms with Gasteiger partial charge in [0.2, 0.25) is 0 Å². The van der Waals surface area contributed by atoms with Gasteiger partial charge >= 0.3 is 0 Å². The lowest BCUT2D eigenvalue weighted by molar-refractivity contribution is 0.0778. The van der Waals surface area contributed by atoms with Gasteiger partial charge in [0, 0.05) is 0 Å². The van der Waals surface area contributed by atoms with Crippen LogP contribution in [0, 0.1) is 23.2 Å². The lowest BCUT2D eigenvalue weighted by atomic mass is 9.63. The topological polar surface area (TPSA) is 0 Å². The van der Waals surface area contributed by atoms with Crippen LogP contribution in [0.2, 0.25) is 0 Å². The molecule has 1 rings (SSSR count). The van der Waals surface area contributed by atoms with Gasteiger partial charge in [-0.05, 0) is 36.0 Å². The second kappa shape index (κ2) is 4.68. The lowest BCUT2D eigenvalue weighted by Crippen LogP contribution is -2.33. The van der Waals surface area contributed by atoms with Crippen molar-refractivity contribution in [1.29, 1.82) is 0 Å². The van der Waals surface area contributed by atoms with Crippen LogP contribution in [0.25, 0.3) is 0 Å². The molecule has 1 aliphatic rings. The van der Waals surface area contributed by atoms with E-state index in [1.165, 1.54) is 32.1 Å². The molecular formula is C14H28. The fourth-order valence-electron chi connectivity index (χ4n) is 2.93. The highest BCUT2D eigenvalue weighted by atomic mass is 14.4. The minimum absolute atomic E-state index is 0.564. The van der Waals surface area contributed by atoms with Gasteiger partial charge in [-0.1, -0.05) is 53.9 Å². The maximum Gasteiger partial charge on any atom is -0.0300 e. The molecule has 14 heavy (non-hydrogen) atoms. The second-order valence-electron chi connectivity index (χ2n) is 6.09. The van der Waals surface area contributed by atoms with Crippen LogP contribution in [0.15, 0.2) is 0 Å². The molecule has 0 spiro atoms. The van der Waals surface area contributed by atoms with Crippen molar-refractivity contribution in [2.75, 3.05) is 0 Å². The Kier molecular flexibility index (Phi) is 4.04. The zero-order chi connectivity index (χ0) is 10.8. The molecule has 1 atom stereocenters. The molecule has 0 aromatic rings. The third kappa shape index (κ3) is 2.52. The van der Waals surface area contributed by atoms with Crippen LogP contribution < -0.4 is 0 Å². The number of rotatable bonds is 3. The van der Waals surface area contributed by atoms with Crippen molar-refractivity contribution in [3.8, 4) is 0 Å². The first kappa shape index (κ1) is 12.1.